The maximum absolute atomic E-state index is 11.9. The van der Waals surface area contributed by atoms with Crippen LogP contribution in [0.2, 0.25) is 0 Å². The summed E-state index contributed by atoms with van der Waals surface area (Å²) in [6.45, 7) is 2.25. The number of rotatable bonds is 4. The van der Waals surface area contributed by atoms with Crippen LogP contribution < -0.4 is 5.69 Å². The number of imidazole rings is 1. The fraction of sp³-hybridized carbons (Fsp3) is 0.308. The standard InChI is InChI=1S/C13H15N3O4/c1-3-15(2)10(17)7-16-9-6-4-5-8(12(18)19)11(9)14-13(16)20/h4-6H,3,7H2,1-2H3,(H,14,20)(H,18,19). The second-order valence-corrected chi connectivity index (χ2v) is 4.43. The molecule has 0 saturated carbocycles. The van der Waals surface area contributed by atoms with Gasteiger partial charge in [0, 0.05) is 13.6 Å². The number of aromatic nitrogens is 2. The number of carbonyl (C=O) groups excluding carboxylic acids is 1. The molecule has 0 saturated heterocycles. The summed E-state index contributed by atoms with van der Waals surface area (Å²) in [4.78, 5) is 38.9. The molecule has 2 N–H and O–H groups in total. The van der Waals surface area contributed by atoms with Gasteiger partial charge in [-0.15, -0.1) is 0 Å². The largest absolute Gasteiger partial charge is 0.478 e. The molecule has 0 unspecified atom stereocenters. The first-order valence-electron chi connectivity index (χ1n) is 6.14. The number of para-hydroxylation sites is 1. The van der Waals surface area contributed by atoms with E-state index in [9.17, 15) is 14.4 Å². The number of aromatic carboxylic acids is 1. The van der Waals surface area contributed by atoms with E-state index >= 15 is 0 Å². The van der Waals surface area contributed by atoms with Crippen LogP contribution in [0.3, 0.4) is 0 Å². The van der Waals surface area contributed by atoms with Crippen LogP contribution >= 0.6 is 0 Å². The first-order valence-corrected chi connectivity index (χ1v) is 6.14. The predicted molar refractivity (Wildman–Crippen MR) is 72.8 cm³/mol. The van der Waals surface area contributed by atoms with Gasteiger partial charge in [-0.25, -0.2) is 9.59 Å². The molecule has 1 amide bonds. The molecular weight excluding hydrogens is 262 g/mol. The van der Waals surface area contributed by atoms with Gasteiger partial charge in [0.25, 0.3) is 0 Å². The number of carboxylic acid groups (broad SMARTS) is 1. The molecule has 0 aliphatic rings. The van der Waals surface area contributed by atoms with Crippen LogP contribution in [0, 0.1) is 0 Å². The molecule has 0 aliphatic carbocycles. The Morgan fingerprint density at radius 2 is 2.10 bits per heavy atom. The average Bonchev–Trinajstić information content (AvgIpc) is 2.73. The number of likely N-dealkylation sites (N-methyl/N-ethyl adjacent to an activating group) is 1. The topological polar surface area (TPSA) is 95.4 Å². The van der Waals surface area contributed by atoms with Crippen molar-refractivity contribution in [1.29, 1.82) is 0 Å². The molecule has 0 radical (unpaired) electrons. The quantitative estimate of drug-likeness (QED) is 0.851. The van der Waals surface area contributed by atoms with Gasteiger partial charge in [-0.05, 0) is 19.1 Å². The number of hydrogen-bond donors (Lipinski definition) is 2. The van der Waals surface area contributed by atoms with Crippen molar-refractivity contribution in [3.8, 4) is 0 Å². The number of fused-ring (bicyclic) bond motifs is 1. The van der Waals surface area contributed by atoms with Crippen LogP contribution in [0.15, 0.2) is 23.0 Å². The van der Waals surface area contributed by atoms with Gasteiger partial charge < -0.3 is 15.0 Å². The number of H-pyrrole nitrogens is 1. The monoisotopic (exact) mass is 277 g/mol. The first-order chi connectivity index (χ1) is 9.45. The summed E-state index contributed by atoms with van der Waals surface area (Å²) in [5.74, 6) is -1.34. The lowest BCUT2D eigenvalue weighted by Crippen LogP contribution is -2.32. The van der Waals surface area contributed by atoms with Crippen molar-refractivity contribution in [2.45, 2.75) is 13.5 Å². The van der Waals surface area contributed by atoms with Crippen LogP contribution in [-0.2, 0) is 11.3 Å². The number of amides is 1. The van der Waals surface area contributed by atoms with Gasteiger partial charge in [-0.1, -0.05) is 6.07 Å². The van der Waals surface area contributed by atoms with Gasteiger partial charge in [0.05, 0.1) is 16.6 Å². The zero-order valence-corrected chi connectivity index (χ0v) is 11.2. The molecule has 0 fully saturated rings. The molecule has 0 spiro atoms. The van der Waals surface area contributed by atoms with Gasteiger partial charge >= 0.3 is 11.7 Å². The van der Waals surface area contributed by atoms with Crippen molar-refractivity contribution >= 4 is 22.9 Å². The third-order valence-electron chi connectivity index (χ3n) is 3.23. The van der Waals surface area contributed by atoms with Crippen molar-refractivity contribution in [2.75, 3.05) is 13.6 Å². The molecule has 106 valence electrons. The lowest BCUT2D eigenvalue weighted by molar-refractivity contribution is -0.130. The molecule has 1 aromatic carbocycles. The van der Waals surface area contributed by atoms with Crippen molar-refractivity contribution in [3.05, 3.63) is 34.2 Å². The van der Waals surface area contributed by atoms with E-state index in [1.54, 1.807) is 19.2 Å². The van der Waals surface area contributed by atoms with Crippen molar-refractivity contribution in [1.82, 2.24) is 14.5 Å². The molecule has 1 heterocycles. The van der Waals surface area contributed by atoms with Gasteiger partial charge in [-0.2, -0.15) is 0 Å². The summed E-state index contributed by atoms with van der Waals surface area (Å²) in [5, 5.41) is 9.08. The SMILES string of the molecule is CCN(C)C(=O)Cn1c(=O)[nH]c2c(C(=O)O)cccc21. The maximum Gasteiger partial charge on any atom is 0.337 e. The number of carboxylic acids is 1. The minimum absolute atomic E-state index is 0.00893. The Morgan fingerprint density at radius 3 is 2.70 bits per heavy atom. The highest BCUT2D eigenvalue weighted by molar-refractivity contribution is 6.01. The summed E-state index contributed by atoms with van der Waals surface area (Å²) in [6, 6.07) is 4.56. The van der Waals surface area contributed by atoms with Gasteiger partial charge in [0.1, 0.15) is 6.54 Å². The predicted octanol–water partition coefficient (Wildman–Crippen LogP) is 0.506. The number of carbonyl (C=O) groups is 2. The Morgan fingerprint density at radius 1 is 1.40 bits per heavy atom. The minimum Gasteiger partial charge on any atom is -0.478 e. The van der Waals surface area contributed by atoms with E-state index in [1.807, 2.05) is 6.92 Å². The Labute approximate surface area is 114 Å². The molecule has 2 rings (SSSR count). The second-order valence-electron chi connectivity index (χ2n) is 4.43. The van der Waals surface area contributed by atoms with Crippen molar-refractivity contribution in [3.63, 3.8) is 0 Å². The molecule has 1 aromatic heterocycles. The van der Waals surface area contributed by atoms with E-state index in [4.69, 9.17) is 5.11 Å². The Balaban J connectivity index is 2.53. The summed E-state index contributed by atoms with van der Waals surface area (Å²) in [7, 11) is 1.64. The number of nitrogens with zero attached hydrogens (tertiary/aromatic N) is 2. The second kappa shape index (κ2) is 5.20. The number of nitrogens with one attached hydrogen (secondary N) is 1. The van der Waals surface area contributed by atoms with Crippen molar-refractivity contribution in [2.24, 2.45) is 0 Å². The maximum atomic E-state index is 11.9. The molecule has 20 heavy (non-hydrogen) atoms. The van der Waals surface area contributed by atoms with Crippen LogP contribution in [-0.4, -0.2) is 45.0 Å². The molecule has 0 aliphatic heterocycles. The first kappa shape index (κ1) is 13.9. The Hall–Kier alpha value is -2.57. The highest BCUT2D eigenvalue weighted by Gasteiger charge is 2.16. The Bertz CT molecular complexity index is 729. The van der Waals surface area contributed by atoms with Crippen LogP contribution in [0.1, 0.15) is 17.3 Å². The van der Waals surface area contributed by atoms with Gasteiger partial charge in [-0.3, -0.25) is 9.36 Å². The van der Waals surface area contributed by atoms with Gasteiger partial charge in [0.2, 0.25) is 5.91 Å². The van der Waals surface area contributed by atoms with E-state index in [2.05, 4.69) is 4.98 Å². The van der Waals surface area contributed by atoms with E-state index in [0.717, 1.165) is 0 Å². The van der Waals surface area contributed by atoms with E-state index < -0.39 is 11.7 Å². The summed E-state index contributed by atoms with van der Waals surface area (Å²) in [5.41, 5.74) is 0.158. The number of aromatic amines is 1. The number of hydrogen-bond acceptors (Lipinski definition) is 3. The van der Waals surface area contributed by atoms with E-state index in [0.29, 0.717) is 12.1 Å². The Kier molecular flexibility index (Phi) is 3.60. The minimum atomic E-state index is -1.12. The zero-order chi connectivity index (χ0) is 14.9. The lowest BCUT2D eigenvalue weighted by Gasteiger charge is -2.14. The smallest absolute Gasteiger partial charge is 0.337 e. The van der Waals surface area contributed by atoms with Gasteiger partial charge in [0.15, 0.2) is 0 Å². The fourth-order valence-corrected chi connectivity index (χ4v) is 1.95. The third-order valence-corrected chi connectivity index (χ3v) is 3.23. The molecular formula is C13H15N3O4. The summed E-state index contributed by atoms with van der Waals surface area (Å²) in [6.07, 6.45) is 0. The lowest BCUT2D eigenvalue weighted by atomic mass is 10.2. The fourth-order valence-electron chi connectivity index (χ4n) is 1.95. The van der Waals surface area contributed by atoms with E-state index in [1.165, 1.54) is 15.5 Å². The third kappa shape index (κ3) is 2.29. The molecule has 0 bridgehead atoms. The molecule has 7 heteroatoms. The summed E-state index contributed by atoms with van der Waals surface area (Å²) >= 11 is 0. The highest BCUT2D eigenvalue weighted by Crippen LogP contribution is 2.15. The zero-order valence-electron chi connectivity index (χ0n) is 11.2. The van der Waals surface area contributed by atoms with Crippen molar-refractivity contribution < 1.29 is 14.7 Å². The van der Waals surface area contributed by atoms with Crippen LogP contribution in [0.5, 0.6) is 0 Å². The molecule has 0 atom stereocenters. The molecule has 7 nitrogen and oxygen atoms in total. The number of benzene rings is 1. The highest BCUT2D eigenvalue weighted by atomic mass is 16.4. The van der Waals surface area contributed by atoms with Crippen LogP contribution in [0.4, 0.5) is 0 Å². The van der Waals surface area contributed by atoms with E-state index in [-0.39, 0.29) is 23.5 Å². The summed E-state index contributed by atoms with van der Waals surface area (Å²) < 4.78 is 1.25. The average molecular weight is 277 g/mol. The van der Waals surface area contributed by atoms with Crippen LogP contribution in [0.25, 0.3) is 11.0 Å². The molecule has 2 aromatic rings. The normalized spacial score (nSPS) is 10.7.